The van der Waals surface area contributed by atoms with Gasteiger partial charge in [0.25, 0.3) is 0 Å². The highest BCUT2D eigenvalue weighted by atomic mass is 35.5. The maximum atomic E-state index is 12.9. The van der Waals surface area contributed by atoms with Crippen LogP contribution in [0, 0.1) is 0 Å². The molecular formula is C18H13ClN2O2S2. The van der Waals surface area contributed by atoms with Crippen molar-refractivity contribution in [2.45, 2.75) is 13.0 Å². The molecule has 4 rings (SSSR count). The molecule has 0 atom stereocenters. The van der Waals surface area contributed by atoms with Gasteiger partial charge in [-0.25, -0.2) is 4.98 Å². The molecule has 4 nitrogen and oxygen atoms in total. The van der Waals surface area contributed by atoms with Gasteiger partial charge >= 0.3 is 0 Å². The van der Waals surface area contributed by atoms with Crippen molar-refractivity contribution in [2.75, 3.05) is 4.90 Å². The highest BCUT2D eigenvalue weighted by Gasteiger charge is 2.22. The Hall–Kier alpha value is -2.15. The minimum atomic E-state index is -0.0194. The molecule has 0 saturated carbocycles. The normalized spacial score (nSPS) is 11.1. The van der Waals surface area contributed by atoms with Crippen molar-refractivity contribution in [1.29, 1.82) is 0 Å². The number of para-hydroxylation sites is 1. The SMILES string of the molecule is O=C(Cc1cccs1)N(Cc1ccco1)c1nc2c(Cl)cccc2s1. The fourth-order valence-electron chi connectivity index (χ4n) is 2.50. The Morgan fingerprint density at radius 3 is 2.84 bits per heavy atom. The summed E-state index contributed by atoms with van der Waals surface area (Å²) in [4.78, 5) is 20.2. The van der Waals surface area contributed by atoms with Crippen molar-refractivity contribution in [2.24, 2.45) is 0 Å². The van der Waals surface area contributed by atoms with Crippen LogP contribution >= 0.6 is 34.3 Å². The molecular weight excluding hydrogens is 376 g/mol. The summed E-state index contributed by atoms with van der Waals surface area (Å²) in [5, 5.41) is 3.18. The van der Waals surface area contributed by atoms with Gasteiger partial charge in [-0.05, 0) is 35.7 Å². The van der Waals surface area contributed by atoms with Crippen LogP contribution in [-0.4, -0.2) is 10.9 Å². The number of hydrogen-bond donors (Lipinski definition) is 0. The Kier molecular flexibility index (Phi) is 4.57. The lowest BCUT2D eigenvalue weighted by atomic mass is 10.3. The quantitative estimate of drug-likeness (QED) is 0.461. The number of furan rings is 1. The van der Waals surface area contributed by atoms with Crippen molar-refractivity contribution in [3.8, 4) is 0 Å². The van der Waals surface area contributed by atoms with Crippen LogP contribution in [0.5, 0.6) is 0 Å². The monoisotopic (exact) mass is 388 g/mol. The van der Waals surface area contributed by atoms with Gasteiger partial charge in [-0.15, -0.1) is 11.3 Å². The number of aromatic nitrogens is 1. The van der Waals surface area contributed by atoms with Crippen LogP contribution in [0.1, 0.15) is 10.6 Å². The van der Waals surface area contributed by atoms with Crippen LogP contribution < -0.4 is 4.90 Å². The van der Waals surface area contributed by atoms with Crippen LogP contribution in [0.2, 0.25) is 5.02 Å². The largest absolute Gasteiger partial charge is 0.467 e. The topological polar surface area (TPSA) is 46.3 Å². The van der Waals surface area contributed by atoms with E-state index in [4.69, 9.17) is 16.0 Å². The summed E-state index contributed by atoms with van der Waals surface area (Å²) >= 11 is 9.26. The number of nitrogens with zero attached hydrogens (tertiary/aromatic N) is 2. The van der Waals surface area contributed by atoms with E-state index >= 15 is 0 Å². The van der Waals surface area contributed by atoms with Crippen LogP contribution in [0.15, 0.2) is 58.5 Å². The number of halogens is 1. The first-order valence-corrected chi connectivity index (χ1v) is 9.68. The third-order valence-electron chi connectivity index (χ3n) is 3.69. The standard InChI is InChI=1S/C18H13ClN2O2S2/c19-14-6-1-7-15-17(14)20-18(25-15)21(11-12-4-2-8-23-12)16(22)10-13-5-3-9-24-13/h1-9H,10-11H2. The summed E-state index contributed by atoms with van der Waals surface area (Å²) in [5.41, 5.74) is 0.720. The van der Waals surface area contributed by atoms with E-state index in [-0.39, 0.29) is 5.91 Å². The minimum Gasteiger partial charge on any atom is -0.467 e. The maximum absolute atomic E-state index is 12.9. The van der Waals surface area contributed by atoms with E-state index in [9.17, 15) is 4.79 Å². The fraction of sp³-hybridized carbons (Fsp3) is 0.111. The molecule has 25 heavy (non-hydrogen) atoms. The molecule has 0 spiro atoms. The smallest absolute Gasteiger partial charge is 0.234 e. The summed E-state index contributed by atoms with van der Waals surface area (Å²) in [6.45, 7) is 0.342. The maximum Gasteiger partial charge on any atom is 0.234 e. The summed E-state index contributed by atoms with van der Waals surface area (Å²) in [6, 6.07) is 13.2. The zero-order valence-electron chi connectivity index (χ0n) is 13.0. The number of rotatable bonds is 5. The number of benzene rings is 1. The predicted octanol–water partition coefficient (Wildman–Crippen LogP) is 5.38. The van der Waals surface area contributed by atoms with E-state index in [2.05, 4.69) is 4.98 Å². The van der Waals surface area contributed by atoms with Crippen molar-refractivity contribution in [1.82, 2.24) is 4.98 Å². The summed E-state index contributed by atoms with van der Waals surface area (Å²) in [7, 11) is 0. The minimum absolute atomic E-state index is 0.0194. The van der Waals surface area contributed by atoms with Gasteiger partial charge < -0.3 is 4.42 Å². The molecule has 0 fully saturated rings. The average Bonchev–Trinajstić information content (AvgIpc) is 3.34. The lowest BCUT2D eigenvalue weighted by Gasteiger charge is -2.18. The van der Waals surface area contributed by atoms with Crippen molar-refractivity contribution in [3.05, 3.63) is 69.8 Å². The zero-order valence-corrected chi connectivity index (χ0v) is 15.4. The van der Waals surface area contributed by atoms with Gasteiger partial charge in [0.2, 0.25) is 5.91 Å². The molecule has 126 valence electrons. The molecule has 3 aromatic heterocycles. The number of thiazole rings is 1. The van der Waals surface area contributed by atoms with Crippen molar-refractivity contribution in [3.63, 3.8) is 0 Å². The number of carbonyl (C=O) groups is 1. The van der Waals surface area contributed by atoms with Gasteiger partial charge in [-0.1, -0.05) is 35.1 Å². The second-order valence-corrected chi connectivity index (χ2v) is 7.85. The van der Waals surface area contributed by atoms with Gasteiger partial charge in [0.05, 0.1) is 29.0 Å². The molecule has 0 N–H and O–H groups in total. The molecule has 7 heteroatoms. The zero-order chi connectivity index (χ0) is 17.2. The van der Waals surface area contributed by atoms with Crippen LogP contribution in [0.3, 0.4) is 0 Å². The van der Waals surface area contributed by atoms with E-state index in [1.807, 2.05) is 41.8 Å². The number of anilines is 1. The Labute approximate surface area is 157 Å². The Morgan fingerprint density at radius 1 is 1.20 bits per heavy atom. The first-order chi connectivity index (χ1) is 12.2. The van der Waals surface area contributed by atoms with E-state index in [0.717, 1.165) is 15.1 Å². The lowest BCUT2D eigenvalue weighted by molar-refractivity contribution is -0.118. The molecule has 0 aliphatic carbocycles. The molecule has 0 unspecified atom stereocenters. The third kappa shape index (κ3) is 3.46. The van der Waals surface area contributed by atoms with Crippen LogP contribution in [-0.2, 0) is 17.8 Å². The molecule has 1 aromatic carbocycles. The molecule has 4 aromatic rings. The number of fused-ring (bicyclic) bond motifs is 1. The molecule has 0 aliphatic rings. The molecule has 0 saturated heterocycles. The number of amides is 1. The molecule has 0 bridgehead atoms. The van der Waals surface area contributed by atoms with E-state index < -0.39 is 0 Å². The molecule has 0 radical (unpaired) electrons. The molecule has 3 heterocycles. The highest BCUT2D eigenvalue weighted by Crippen LogP contribution is 2.34. The second-order valence-electron chi connectivity index (χ2n) is 5.40. The average molecular weight is 389 g/mol. The van der Waals surface area contributed by atoms with Gasteiger partial charge in [-0.2, -0.15) is 0 Å². The fourth-order valence-corrected chi connectivity index (χ4v) is 4.47. The van der Waals surface area contributed by atoms with Crippen molar-refractivity contribution < 1.29 is 9.21 Å². The molecule has 0 aliphatic heterocycles. The first kappa shape index (κ1) is 16.3. The summed E-state index contributed by atoms with van der Waals surface area (Å²) in [6.07, 6.45) is 1.94. The highest BCUT2D eigenvalue weighted by molar-refractivity contribution is 7.22. The number of carbonyl (C=O) groups excluding carboxylic acids is 1. The Balaban J connectivity index is 1.70. The first-order valence-electron chi connectivity index (χ1n) is 7.61. The Morgan fingerprint density at radius 2 is 2.12 bits per heavy atom. The van der Waals surface area contributed by atoms with Gasteiger partial charge in [0.15, 0.2) is 5.13 Å². The van der Waals surface area contributed by atoms with E-state index in [0.29, 0.717) is 28.9 Å². The third-order valence-corrected chi connectivity index (χ3v) is 5.91. The van der Waals surface area contributed by atoms with Gasteiger partial charge in [-0.3, -0.25) is 9.69 Å². The number of hydrogen-bond acceptors (Lipinski definition) is 5. The van der Waals surface area contributed by atoms with E-state index in [1.165, 1.54) is 11.3 Å². The van der Waals surface area contributed by atoms with Crippen LogP contribution in [0.4, 0.5) is 5.13 Å². The van der Waals surface area contributed by atoms with Gasteiger partial charge in [0.1, 0.15) is 11.3 Å². The van der Waals surface area contributed by atoms with Gasteiger partial charge in [0, 0.05) is 4.88 Å². The van der Waals surface area contributed by atoms with E-state index in [1.54, 1.807) is 28.6 Å². The Bertz CT molecular complexity index is 994. The lowest BCUT2D eigenvalue weighted by Crippen LogP contribution is -2.31. The summed E-state index contributed by atoms with van der Waals surface area (Å²) in [5.74, 6) is 0.693. The molecule has 1 amide bonds. The van der Waals surface area contributed by atoms with Crippen LogP contribution in [0.25, 0.3) is 10.2 Å². The van der Waals surface area contributed by atoms with Crippen molar-refractivity contribution >= 4 is 55.5 Å². The second kappa shape index (κ2) is 7.00. The number of thiophene rings is 1. The predicted molar refractivity (Wildman–Crippen MR) is 103 cm³/mol. The summed E-state index contributed by atoms with van der Waals surface area (Å²) < 4.78 is 6.38.